The molecule has 0 saturated carbocycles. The minimum atomic E-state index is -0.750. The molecule has 0 N–H and O–H groups in total. The van der Waals surface area contributed by atoms with E-state index >= 15 is 0 Å². The van der Waals surface area contributed by atoms with Gasteiger partial charge in [-0.25, -0.2) is 0 Å². The zero-order valence-electron chi connectivity index (χ0n) is 15.0. The maximum absolute atomic E-state index is 4.81. The fourth-order valence-electron chi connectivity index (χ4n) is 2.62. The second kappa shape index (κ2) is 24.1. The summed E-state index contributed by atoms with van der Waals surface area (Å²) in [5, 5.41) is 0. The third kappa shape index (κ3) is 32.7. The van der Waals surface area contributed by atoms with Gasteiger partial charge in [0.1, 0.15) is 0 Å². The van der Waals surface area contributed by atoms with Crippen LogP contribution in [0, 0.1) is 0 Å². The predicted molar refractivity (Wildman–Crippen MR) is 107 cm³/mol. The first kappa shape index (κ1) is 25.1. The van der Waals surface area contributed by atoms with E-state index in [1.165, 1.54) is 103 Å². The molecule has 0 nitrogen and oxygen atoms in total. The van der Waals surface area contributed by atoms with Gasteiger partial charge in [-0.1, -0.05) is 151 Å². The minimum absolute atomic E-state index is 0.750. The summed E-state index contributed by atoms with van der Waals surface area (Å²) in [4.78, 5) is 0. The quantitative estimate of drug-likeness (QED) is 0.198. The lowest BCUT2D eigenvalue weighted by molar-refractivity contribution is 0.531. The van der Waals surface area contributed by atoms with Gasteiger partial charge in [-0.2, -0.15) is 0 Å². The normalized spacial score (nSPS) is 10.6. The van der Waals surface area contributed by atoms with Crippen LogP contribution in [0.25, 0.3) is 0 Å². The highest BCUT2D eigenvalue weighted by atomic mass is 35.6. The van der Waals surface area contributed by atoms with Crippen molar-refractivity contribution >= 4 is 34.8 Å². The Morgan fingerprint density at radius 1 is 0.409 bits per heavy atom. The van der Waals surface area contributed by atoms with E-state index in [1.807, 2.05) is 0 Å². The standard InChI is InChI=1S/C18H38.CHCl3/c1-3-5-7-9-11-13-15-17-18-16-14-12-10-8-6-4-2;2-1(3)4/h3-18H2,1-2H3;1H. The molecule has 0 aromatic carbocycles. The summed E-state index contributed by atoms with van der Waals surface area (Å²) in [5.41, 5.74) is 0. The topological polar surface area (TPSA) is 0 Å². The van der Waals surface area contributed by atoms with Crippen molar-refractivity contribution in [2.24, 2.45) is 0 Å². The van der Waals surface area contributed by atoms with Gasteiger partial charge in [0.15, 0.2) is 4.30 Å². The second-order valence-corrected chi connectivity index (χ2v) is 8.18. The molecule has 0 aromatic rings. The molecular formula is C19H39Cl3. The molecule has 22 heavy (non-hydrogen) atoms. The molecule has 0 aromatic heterocycles. The molecule has 0 aliphatic carbocycles. The third-order valence-corrected chi connectivity index (χ3v) is 3.96. The van der Waals surface area contributed by atoms with Crippen molar-refractivity contribution in [2.75, 3.05) is 0 Å². The van der Waals surface area contributed by atoms with Gasteiger partial charge in [0.25, 0.3) is 0 Å². The van der Waals surface area contributed by atoms with Crippen LogP contribution in [0.1, 0.15) is 117 Å². The smallest absolute Gasteiger partial charge is 0.0874 e. The van der Waals surface area contributed by atoms with Crippen molar-refractivity contribution in [1.29, 1.82) is 0 Å². The van der Waals surface area contributed by atoms with Crippen LogP contribution in [-0.2, 0) is 0 Å². The van der Waals surface area contributed by atoms with Gasteiger partial charge >= 0.3 is 0 Å². The molecule has 0 aliphatic rings. The Kier molecular flexibility index (Phi) is 27.5. The fourth-order valence-corrected chi connectivity index (χ4v) is 2.62. The first-order chi connectivity index (χ1) is 10.6. The molecule has 136 valence electrons. The van der Waals surface area contributed by atoms with E-state index in [0.29, 0.717) is 0 Å². The molecule has 0 aliphatic heterocycles. The third-order valence-electron chi connectivity index (χ3n) is 3.96. The van der Waals surface area contributed by atoms with Crippen LogP contribution in [0.2, 0.25) is 0 Å². The summed E-state index contributed by atoms with van der Waals surface area (Å²) in [6.07, 6.45) is 23.4. The Balaban J connectivity index is 0. The molecule has 0 fully saturated rings. The monoisotopic (exact) mass is 372 g/mol. The average Bonchev–Trinajstić information content (AvgIpc) is 2.47. The highest BCUT2D eigenvalue weighted by Gasteiger charge is 1.93. The van der Waals surface area contributed by atoms with Gasteiger partial charge in [-0.05, 0) is 0 Å². The molecule has 0 spiro atoms. The van der Waals surface area contributed by atoms with Gasteiger partial charge in [-0.3, -0.25) is 0 Å². The van der Waals surface area contributed by atoms with Crippen molar-refractivity contribution in [1.82, 2.24) is 0 Å². The first-order valence-electron chi connectivity index (χ1n) is 9.57. The van der Waals surface area contributed by atoms with E-state index < -0.39 is 4.30 Å². The summed E-state index contributed by atoms with van der Waals surface area (Å²) in [6.45, 7) is 4.59. The van der Waals surface area contributed by atoms with Crippen LogP contribution in [0.15, 0.2) is 0 Å². The van der Waals surface area contributed by atoms with Gasteiger partial charge in [-0.15, -0.1) is 0 Å². The van der Waals surface area contributed by atoms with Crippen LogP contribution in [0.3, 0.4) is 0 Å². The molecule has 3 heteroatoms. The summed E-state index contributed by atoms with van der Waals surface area (Å²) in [7, 11) is 0. The van der Waals surface area contributed by atoms with E-state index in [1.54, 1.807) is 0 Å². The van der Waals surface area contributed by atoms with Crippen LogP contribution >= 0.6 is 34.8 Å². The van der Waals surface area contributed by atoms with E-state index in [9.17, 15) is 0 Å². The molecule has 0 bridgehead atoms. The van der Waals surface area contributed by atoms with Crippen LogP contribution in [0.5, 0.6) is 0 Å². The highest BCUT2D eigenvalue weighted by molar-refractivity contribution is 6.63. The Labute approximate surface area is 155 Å². The summed E-state index contributed by atoms with van der Waals surface area (Å²) < 4.78 is -0.750. The summed E-state index contributed by atoms with van der Waals surface area (Å²) in [6, 6.07) is 0. The molecule has 0 heterocycles. The van der Waals surface area contributed by atoms with Crippen LogP contribution in [0.4, 0.5) is 0 Å². The number of hydrogen-bond acceptors (Lipinski definition) is 0. The van der Waals surface area contributed by atoms with Crippen molar-refractivity contribution < 1.29 is 0 Å². The number of alkyl halides is 3. The number of hydrogen-bond donors (Lipinski definition) is 0. The SMILES string of the molecule is CCCCCCCCCCCCCCCCCC.ClC(Cl)Cl. The summed E-state index contributed by atoms with van der Waals surface area (Å²) >= 11 is 14.4. The van der Waals surface area contributed by atoms with Gasteiger partial charge < -0.3 is 0 Å². The maximum Gasteiger partial charge on any atom is 0.180 e. The van der Waals surface area contributed by atoms with Gasteiger partial charge in [0.2, 0.25) is 0 Å². The van der Waals surface area contributed by atoms with E-state index in [4.69, 9.17) is 34.8 Å². The van der Waals surface area contributed by atoms with Crippen molar-refractivity contribution in [2.45, 2.75) is 121 Å². The maximum atomic E-state index is 4.81. The average molecular weight is 374 g/mol. The number of rotatable bonds is 15. The van der Waals surface area contributed by atoms with Crippen molar-refractivity contribution in [3.63, 3.8) is 0 Å². The summed E-state index contributed by atoms with van der Waals surface area (Å²) in [5.74, 6) is 0. The second-order valence-electron chi connectivity index (χ2n) is 6.20. The lowest BCUT2D eigenvalue weighted by Crippen LogP contribution is -1.83. The molecule has 0 unspecified atom stereocenters. The predicted octanol–water partition coefficient (Wildman–Crippen LogP) is 9.25. The van der Waals surface area contributed by atoms with Crippen LogP contribution in [-0.4, -0.2) is 4.30 Å². The van der Waals surface area contributed by atoms with Gasteiger partial charge in [0, 0.05) is 0 Å². The van der Waals surface area contributed by atoms with Crippen molar-refractivity contribution in [3.05, 3.63) is 0 Å². The minimum Gasteiger partial charge on any atom is -0.0874 e. The zero-order valence-corrected chi connectivity index (χ0v) is 17.3. The number of unbranched alkanes of at least 4 members (excludes halogenated alkanes) is 15. The first-order valence-corrected chi connectivity index (χ1v) is 10.9. The Morgan fingerprint density at radius 3 is 0.682 bits per heavy atom. The molecular weight excluding hydrogens is 335 g/mol. The molecule has 0 atom stereocenters. The van der Waals surface area contributed by atoms with Gasteiger partial charge in [0.05, 0.1) is 0 Å². The zero-order chi connectivity index (χ0) is 16.9. The molecule has 0 saturated heterocycles. The Bertz CT molecular complexity index is 153. The van der Waals surface area contributed by atoms with E-state index in [2.05, 4.69) is 13.8 Å². The largest absolute Gasteiger partial charge is 0.180 e. The van der Waals surface area contributed by atoms with Crippen molar-refractivity contribution in [3.8, 4) is 0 Å². The Hall–Kier alpha value is 0.870. The highest BCUT2D eigenvalue weighted by Crippen LogP contribution is 2.13. The Morgan fingerprint density at radius 2 is 0.545 bits per heavy atom. The van der Waals surface area contributed by atoms with E-state index in [0.717, 1.165) is 0 Å². The lowest BCUT2D eigenvalue weighted by Gasteiger charge is -2.03. The fraction of sp³-hybridized carbons (Fsp3) is 1.00. The molecule has 0 rings (SSSR count). The van der Waals surface area contributed by atoms with E-state index in [-0.39, 0.29) is 0 Å². The molecule has 0 amide bonds. The number of halogens is 3. The van der Waals surface area contributed by atoms with Crippen LogP contribution < -0.4 is 0 Å². The molecule has 0 radical (unpaired) electrons. The lowest BCUT2D eigenvalue weighted by atomic mass is 10.0.